The molecule has 8 rings (SSSR count). The summed E-state index contributed by atoms with van der Waals surface area (Å²) in [5.74, 6) is 10.8. The number of methoxy groups -OCH3 is 2. The zero-order valence-electron chi connectivity index (χ0n) is 29.0. The van der Waals surface area contributed by atoms with Gasteiger partial charge >= 0.3 is 0 Å². The maximum absolute atomic E-state index is 12.7. The molecule has 9 heteroatoms. The Morgan fingerprint density at radius 2 is 1.74 bits per heavy atom. The molecule has 264 valence electrons. The van der Waals surface area contributed by atoms with E-state index in [0.29, 0.717) is 40.9 Å². The van der Waals surface area contributed by atoms with Crippen LogP contribution >= 0.6 is 21.6 Å². The number of aliphatic hydroxyl groups is 1. The topological polar surface area (TPSA) is 97.6 Å². The van der Waals surface area contributed by atoms with Gasteiger partial charge in [-0.3, -0.25) is 0 Å². The summed E-state index contributed by atoms with van der Waals surface area (Å²) in [4.78, 5) is 0. The second-order valence-electron chi connectivity index (χ2n) is 14.6. The lowest BCUT2D eigenvalue weighted by Crippen LogP contribution is -2.40. The monoisotopic (exact) mass is 714 g/mol. The maximum atomic E-state index is 12.7. The summed E-state index contributed by atoms with van der Waals surface area (Å²) in [6.45, 7) is 2.34. The first-order valence-corrected chi connectivity index (χ1v) is 20.5. The molecule has 2 aliphatic heterocycles. The second-order valence-corrected chi connectivity index (χ2v) is 17.2. The largest absolute Gasteiger partial charge is 0.508 e. The van der Waals surface area contributed by atoms with Gasteiger partial charge in [0.1, 0.15) is 23.4 Å². The first-order chi connectivity index (χ1) is 24.4. The van der Waals surface area contributed by atoms with Crippen LogP contribution in [0.5, 0.6) is 34.5 Å². The molecule has 3 aromatic carbocycles. The first kappa shape index (κ1) is 33.8. The van der Waals surface area contributed by atoms with Gasteiger partial charge in [-0.15, -0.1) is 0 Å². The van der Waals surface area contributed by atoms with Crippen molar-refractivity contribution in [2.75, 3.05) is 20.0 Å². The summed E-state index contributed by atoms with van der Waals surface area (Å²) in [6.07, 6.45) is 7.86. The molecule has 3 N–H and O–H groups in total. The molecule has 1 saturated carbocycles. The van der Waals surface area contributed by atoms with Crippen LogP contribution < -0.4 is 18.9 Å². The van der Waals surface area contributed by atoms with Crippen LogP contribution in [0.1, 0.15) is 104 Å². The molecule has 7 nitrogen and oxygen atoms in total. The molecule has 3 aromatic rings. The molecule has 3 aliphatic carbocycles. The Labute approximate surface area is 302 Å². The molecule has 5 aliphatic rings. The Hall–Kier alpha value is -3.32. The highest BCUT2D eigenvalue weighted by Gasteiger charge is 2.47. The van der Waals surface area contributed by atoms with Gasteiger partial charge in [0.2, 0.25) is 5.75 Å². The van der Waals surface area contributed by atoms with Gasteiger partial charge in [0.25, 0.3) is 0 Å². The zero-order valence-corrected chi connectivity index (χ0v) is 30.6. The fourth-order valence-electron chi connectivity index (χ4n) is 8.91. The Bertz CT molecular complexity index is 1840. The summed E-state index contributed by atoms with van der Waals surface area (Å²) < 4.78 is 25.4. The van der Waals surface area contributed by atoms with E-state index in [4.69, 9.17) is 18.9 Å². The summed E-state index contributed by atoms with van der Waals surface area (Å²) in [5, 5.41) is 34.6. The lowest BCUT2D eigenvalue weighted by molar-refractivity contribution is 0.000833. The van der Waals surface area contributed by atoms with E-state index in [1.807, 2.05) is 35.1 Å². The Morgan fingerprint density at radius 1 is 0.900 bits per heavy atom. The van der Waals surface area contributed by atoms with Gasteiger partial charge in [-0.1, -0.05) is 59.3 Å². The quantitative estimate of drug-likeness (QED) is 0.181. The van der Waals surface area contributed by atoms with Crippen LogP contribution in [-0.4, -0.2) is 52.7 Å². The number of phenols is 2. The fraction of sp³-hybridized carbons (Fsp3) is 0.512. The third-order valence-electron chi connectivity index (χ3n) is 11.5. The van der Waals surface area contributed by atoms with Gasteiger partial charge in [0, 0.05) is 46.4 Å². The summed E-state index contributed by atoms with van der Waals surface area (Å²) >= 11 is 0. The lowest BCUT2D eigenvalue weighted by atomic mass is 9.70. The lowest BCUT2D eigenvalue weighted by Gasteiger charge is -2.42. The molecule has 1 fully saturated rings. The Morgan fingerprint density at radius 3 is 2.54 bits per heavy atom. The third-order valence-corrected chi connectivity index (χ3v) is 14.2. The predicted molar refractivity (Wildman–Crippen MR) is 199 cm³/mol. The minimum absolute atomic E-state index is 0.0101. The molecule has 0 radical (unpaired) electrons. The van der Waals surface area contributed by atoms with Crippen molar-refractivity contribution in [2.24, 2.45) is 5.92 Å². The van der Waals surface area contributed by atoms with Gasteiger partial charge in [-0.05, 0) is 91.7 Å². The highest BCUT2D eigenvalue weighted by molar-refractivity contribution is 8.77. The van der Waals surface area contributed by atoms with Crippen LogP contribution in [0.2, 0.25) is 0 Å². The highest BCUT2D eigenvalue weighted by atomic mass is 33.1. The normalized spacial score (nSPS) is 27.2. The van der Waals surface area contributed by atoms with Crippen LogP contribution in [0.3, 0.4) is 0 Å². The average molecular weight is 715 g/mol. The van der Waals surface area contributed by atoms with E-state index in [1.54, 1.807) is 31.1 Å². The molecule has 0 amide bonds. The Kier molecular flexibility index (Phi) is 9.47. The molecule has 0 saturated heterocycles. The van der Waals surface area contributed by atoms with Crippen LogP contribution in [-0.2, 0) is 12.8 Å². The van der Waals surface area contributed by atoms with Crippen LogP contribution in [0.15, 0.2) is 30.3 Å². The van der Waals surface area contributed by atoms with Gasteiger partial charge < -0.3 is 34.3 Å². The third kappa shape index (κ3) is 5.95. The minimum Gasteiger partial charge on any atom is -0.508 e. The van der Waals surface area contributed by atoms with Gasteiger partial charge in [-0.25, -0.2) is 0 Å². The van der Waals surface area contributed by atoms with Crippen molar-refractivity contribution in [1.29, 1.82) is 0 Å². The number of hydrogen-bond donors (Lipinski definition) is 3. The van der Waals surface area contributed by atoms with Crippen molar-refractivity contribution in [1.82, 2.24) is 0 Å². The maximum Gasteiger partial charge on any atom is 0.201 e. The van der Waals surface area contributed by atoms with Crippen LogP contribution in [0.4, 0.5) is 0 Å². The molecule has 2 heterocycles. The van der Waals surface area contributed by atoms with Crippen molar-refractivity contribution in [3.05, 3.63) is 58.1 Å². The van der Waals surface area contributed by atoms with E-state index in [-0.39, 0.29) is 34.7 Å². The molecule has 0 spiro atoms. The smallest absolute Gasteiger partial charge is 0.201 e. The van der Waals surface area contributed by atoms with E-state index in [2.05, 4.69) is 18.8 Å². The van der Waals surface area contributed by atoms with Gasteiger partial charge in [0.05, 0.1) is 25.6 Å². The SMILES string of the molecule is COc1cc2c3c4c1-c1ccc(O)cc1[C@@H](CC[C@@H](C)CCSS[C@H]1C#CCc5c(cc(OC6CCCCC6)c(O)c5OC)[C@H](O2)[C@H](O)[C@@H]31)C4. The van der Waals surface area contributed by atoms with Crippen LogP contribution in [0.25, 0.3) is 11.1 Å². The summed E-state index contributed by atoms with van der Waals surface area (Å²) in [6, 6.07) is 9.55. The van der Waals surface area contributed by atoms with Gasteiger partial charge in [0.15, 0.2) is 17.6 Å². The summed E-state index contributed by atoms with van der Waals surface area (Å²) in [5.41, 5.74) is 6.79. The fourth-order valence-corrected chi connectivity index (χ4v) is 11.7. The molecular weight excluding hydrogens is 669 g/mol. The standard InChI is InChI=1S/C41H46O7S2/c1-22-12-13-23-18-30-35(26-15-14-24(42)19-28(23)26)31(45-2)21-32-36(30)37-34(50-49-17-16-22)11-7-10-27-29(41(48-32)39(37)44)20-33(38(43)40(27)46-3)47-25-8-5-4-6-9-25/h14-15,19-23,25,34,37,39,41-44H,4-6,8-10,12-13,16-18H2,1-3H3/t22-,23+,34+,37-,39-,41+/m1/s1. The van der Waals surface area contributed by atoms with Crippen LogP contribution in [0, 0.1) is 17.8 Å². The van der Waals surface area contributed by atoms with E-state index in [0.717, 1.165) is 90.5 Å². The number of fused-ring (bicyclic) bond motifs is 7. The number of aliphatic hydroxyl groups excluding tert-OH is 1. The molecule has 6 atom stereocenters. The molecule has 4 bridgehead atoms. The van der Waals surface area contributed by atoms with E-state index < -0.39 is 12.2 Å². The van der Waals surface area contributed by atoms with E-state index in [9.17, 15) is 15.3 Å². The van der Waals surface area contributed by atoms with Crippen molar-refractivity contribution in [3.63, 3.8) is 0 Å². The molecule has 50 heavy (non-hydrogen) atoms. The zero-order chi connectivity index (χ0) is 34.5. The number of hydrogen-bond acceptors (Lipinski definition) is 9. The number of rotatable bonds is 4. The molecule has 0 unspecified atom stereocenters. The highest BCUT2D eigenvalue weighted by Crippen LogP contribution is 2.58. The summed E-state index contributed by atoms with van der Waals surface area (Å²) in [7, 11) is 6.84. The van der Waals surface area contributed by atoms with Gasteiger partial charge in [-0.2, -0.15) is 0 Å². The van der Waals surface area contributed by atoms with Crippen molar-refractivity contribution in [2.45, 2.75) is 107 Å². The van der Waals surface area contributed by atoms with Crippen molar-refractivity contribution >= 4 is 21.6 Å². The number of phenolic OH excluding ortho intramolecular Hbond substituents is 2. The second kappa shape index (κ2) is 14.0. The predicted octanol–water partition coefficient (Wildman–Crippen LogP) is 8.84. The number of ether oxygens (including phenoxy) is 4. The number of aromatic hydroxyl groups is 2. The number of benzene rings is 3. The van der Waals surface area contributed by atoms with E-state index >= 15 is 0 Å². The van der Waals surface area contributed by atoms with Crippen molar-refractivity contribution in [3.8, 4) is 57.5 Å². The molecular formula is C41H46O7S2. The van der Waals surface area contributed by atoms with E-state index in [1.165, 1.54) is 6.42 Å². The minimum atomic E-state index is -0.940. The van der Waals surface area contributed by atoms with Crippen molar-refractivity contribution < 1.29 is 34.3 Å². The first-order valence-electron chi connectivity index (χ1n) is 18.1. The average Bonchev–Trinajstić information content (AvgIpc) is 3.15. The molecule has 0 aromatic heterocycles. The Balaban J connectivity index is 1.34.